The maximum absolute atomic E-state index is 12.9. The highest BCUT2D eigenvalue weighted by Crippen LogP contribution is 2.40. The average molecular weight is 369 g/mol. The van der Waals surface area contributed by atoms with E-state index in [-0.39, 0.29) is 23.0 Å². The van der Waals surface area contributed by atoms with Crippen molar-refractivity contribution in [1.29, 1.82) is 0 Å². The molecule has 8 heteroatoms. The van der Waals surface area contributed by atoms with Crippen LogP contribution in [0.3, 0.4) is 0 Å². The number of nitrogens with zero attached hydrogens (tertiary/aromatic N) is 2. The number of ketones is 1. The Morgan fingerprint density at radius 2 is 1.93 bits per heavy atom. The number of carbonyl (C=O) groups is 1. The van der Waals surface area contributed by atoms with Crippen molar-refractivity contribution in [3.05, 3.63) is 30.1 Å². The topological polar surface area (TPSA) is 107 Å². The van der Waals surface area contributed by atoms with E-state index in [0.29, 0.717) is 41.2 Å². The van der Waals surface area contributed by atoms with Crippen molar-refractivity contribution in [2.24, 2.45) is 5.41 Å². The number of aromatic hydroxyl groups is 1. The van der Waals surface area contributed by atoms with E-state index in [4.69, 9.17) is 14.2 Å². The minimum absolute atomic E-state index is 0.0210. The van der Waals surface area contributed by atoms with Gasteiger partial charge in [0.2, 0.25) is 5.75 Å². The second-order valence-electron chi connectivity index (χ2n) is 6.77. The molecule has 0 amide bonds. The number of rotatable bonds is 5. The van der Waals surface area contributed by atoms with Crippen molar-refractivity contribution in [3.8, 4) is 28.5 Å². The number of aromatic amines is 1. The molecule has 1 aliphatic heterocycles. The summed E-state index contributed by atoms with van der Waals surface area (Å²) >= 11 is 0. The number of phenols is 1. The quantitative estimate of drug-likeness (QED) is 0.666. The summed E-state index contributed by atoms with van der Waals surface area (Å²) in [7, 11) is 2.91. The van der Waals surface area contributed by atoms with Crippen molar-refractivity contribution in [2.75, 3.05) is 27.4 Å². The Morgan fingerprint density at radius 1 is 1.26 bits per heavy atom. The first-order chi connectivity index (χ1) is 13.0. The lowest BCUT2D eigenvalue weighted by Crippen LogP contribution is -2.46. The van der Waals surface area contributed by atoms with Crippen LogP contribution in [0.2, 0.25) is 0 Å². The third-order valence-electron chi connectivity index (χ3n) is 4.79. The molecule has 2 aromatic heterocycles. The minimum atomic E-state index is -0.530. The first-order valence-electron chi connectivity index (χ1n) is 8.39. The predicted octanol–water partition coefficient (Wildman–Crippen LogP) is 2.57. The monoisotopic (exact) mass is 369 g/mol. The van der Waals surface area contributed by atoms with E-state index in [2.05, 4.69) is 15.0 Å². The first kappa shape index (κ1) is 17.3. The van der Waals surface area contributed by atoms with E-state index in [9.17, 15) is 9.90 Å². The maximum Gasteiger partial charge on any atom is 0.200 e. The lowest BCUT2D eigenvalue weighted by molar-refractivity contribution is -0.0767. The maximum atomic E-state index is 12.9. The first-order valence-corrected chi connectivity index (χ1v) is 8.39. The zero-order chi connectivity index (χ0) is 19.2. The molecule has 0 saturated carbocycles. The summed E-state index contributed by atoms with van der Waals surface area (Å²) in [5.41, 5.74) is 2.16. The number of benzene rings is 1. The van der Waals surface area contributed by atoms with Gasteiger partial charge >= 0.3 is 0 Å². The molecule has 1 fully saturated rings. The van der Waals surface area contributed by atoms with Crippen molar-refractivity contribution < 1.29 is 24.1 Å². The van der Waals surface area contributed by atoms with E-state index >= 15 is 0 Å². The molecular formula is C19H19N3O5. The summed E-state index contributed by atoms with van der Waals surface area (Å²) in [4.78, 5) is 24.9. The number of Topliss-reactive ketones (excluding diaryl/α,β-unsaturated/α-hetero) is 1. The van der Waals surface area contributed by atoms with E-state index in [1.54, 1.807) is 24.5 Å². The van der Waals surface area contributed by atoms with Crippen LogP contribution in [0.4, 0.5) is 0 Å². The molecule has 0 spiro atoms. The summed E-state index contributed by atoms with van der Waals surface area (Å²) in [5, 5.41) is 10.1. The molecule has 27 heavy (non-hydrogen) atoms. The molecule has 4 rings (SSSR count). The smallest absolute Gasteiger partial charge is 0.200 e. The summed E-state index contributed by atoms with van der Waals surface area (Å²) in [6.45, 7) is 2.68. The fourth-order valence-corrected chi connectivity index (χ4v) is 3.11. The van der Waals surface area contributed by atoms with Gasteiger partial charge in [-0.05, 0) is 19.1 Å². The van der Waals surface area contributed by atoms with Crippen LogP contribution in [0.1, 0.15) is 17.3 Å². The number of hydrogen-bond acceptors (Lipinski definition) is 7. The molecule has 2 N–H and O–H groups in total. The van der Waals surface area contributed by atoms with E-state index in [1.165, 1.54) is 14.2 Å². The highest BCUT2D eigenvalue weighted by Gasteiger charge is 2.42. The Morgan fingerprint density at radius 3 is 2.48 bits per heavy atom. The summed E-state index contributed by atoms with van der Waals surface area (Å²) in [6.07, 6.45) is 3.23. The summed E-state index contributed by atoms with van der Waals surface area (Å²) < 4.78 is 15.6. The van der Waals surface area contributed by atoms with E-state index in [1.807, 2.05) is 6.92 Å². The Kier molecular flexibility index (Phi) is 4.00. The van der Waals surface area contributed by atoms with Crippen LogP contribution in [0.5, 0.6) is 17.2 Å². The number of nitrogens with one attached hydrogen (secondary N) is 1. The number of ether oxygens (including phenoxy) is 3. The van der Waals surface area contributed by atoms with Crippen LogP contribution in [-0.2, 0) is 4.74 Å². The van der Waals surface area contributed by atoms with Crippen LogP contribution < -0.4 is 9.47 Å². The van der Waals surface area contributed by atoms with Crippen molar-refractivity contribution >= 4 is 16.9 Å². The van der Waals surface area contributed by atoms with Crippen LogP contribution in [-0.4, -0.2) is 53.3 Å². The molecule has 1 saturated heterocycles. The van der Waals surface area contributed by atoms with Crippen molar-refractivity contribution in [1.82, 2.24) is 15.0 Å². The molecule has 0 unspecified atom stereocenters. The second-order valence-corrected chi connectivity index (χ2v) is 6.77. The van der Waals surface area contributed by atoms with Crippen molar-refractivity contribution in [2.45, 2.75) is 6.92 Å². The SMILES string of the molecule is COc1cc(-c2cnc3[nH]cc(C(=O)C4(C)COC4)c3n2)cc(OC)c1O. The van der Waals surface area contributed by atoms with Crippen LogP contribution >= 0.6 is 0 Å². The molecule has 0 radical (unpaired) electrons. The molecule has 1 aromatic carbocycles. The van der Waals surface area contributed by atoms with Gasteiger partial charge in [0.15, 0.2) is 22.9 Å². The largest absolute Gasteiger partial charge is 0.502 e. The van der Waals surface area contributed by atoms with Gasteiger partial charge in [0.1, 0.15) is 5.52 Å². The van der Waals surface area contributed by atoms with Crippen LogP contribution in [0.15, 0.2) is 24.5 Å². The fraction of sp³-hybridized carbons (Fsp3) is 0.316. The molecule has 0 atom stereocenters. The lowest BCUT2D eigenvalue weighted by atomic mass is 9.81. The minimum Gasteiger partial charge on any atom is -0.502 e. The van der Waals surface area contributed by atoms with Crippen LogP contribution in [0, 0.1) is 5.41 Å². The molecule has 3 heterocycles. The van der Waals surface area contributed by atoms with Gasteiger partial charge in [0.25, 0.3) is 0 Å². The van der Waals surface area contributed by atoms with E-state index in [0.717, 1.165) is 0 Å². The highest BCUT2D eigenvalue weighted by molar-refractivity contribution is 6.09. The molecule has 3 aromatic rings. The highest BCUT2D eigenvalue weighted by atomic mass is 16.5. The molecule has 1 aliphatic rings. The van der Waals surface area contributed by atoms with Gasteiger partial charge in [-0.1, -0.05) is 0 Å². The molecule has 0 aliphatic carbocycles. The normalized spacial score (nSPS) is 15.4. The molecular weight excluding hydrogens is 350 g/mol. The van der Waals surface area contributed by atoms with Gasteiger partial charge in [-0.25, -0.2) is 9.97 Å². The summed E-state index contributed by atoms with van der Waals surface area (Å²) in [6, 6.07) is 3.28. The zero-order valence-electron chi connectivity index (χ0n) is 15.2. The Labute approximate surface area is 155 Å². The van der Waals surface area contributed by atoms with Gasteiger partial charge < -0.3 is 24.3 Å². The Bertz CT molecular complexity index is 1010. The molecule has 140 valence electrons. The second kappa shape index (κ2) is 6.24. The lowest BCUT2D eigenvalue weighted by Gasteiger charge is -2.36. The molecule has 0 bridgehead atoms. The van der Waals surface area contributed by atoms with Gasteiger partial charge in [0.05, 0.1) is 50.3 Å². The van der Waals surface area contributed by atoms with Gasteiger partial charge in [-0.3, -0.25) is 4.79 Å². The fourth-order valence-electron chi connectivity index (χ4n) is 3.11. The predicted molar refractivity (Wildman–Crippen MR) is 97.4 cm³/mol. The van der Waals surface area contributed by atoms with E-state index < -0.39 is 5.41 Å². The third kappa shape index (κ3) is 2.69. The Hall–Kier alpha value is -3.13. The number of hydrogen-bond donors (Lipinski definition) is 2. The standard InChI is InChI=1S/C19H19N3O5/c1-19(8-27-9-19)17(24)11-6-20-18-15(11)22-12(7-21-18)10-4-13(25-2)16(23)14(5-10)26-3/h4-7,23H,8-9H2,1-3H3,(H,20,21). The molecule has 8 nitrogen and oxygen atoms in total. The number of phenolic OH excluding ortho intramolecular Hbond substituents is 1. The van der Waals surface area contributed by atoms with Gasteiger partial charge in [-0.2, -0.15) is 0 Å². The number of methoxy groups -OCH3 is 2. The number of carbonyl (C=O) groups excluding carboxylic acids is 1. The average Bonchev–Trinajstić information content (AvgIpc) is 3.08. The number of fused-ring (bicyclic) bond motifs is 1. The third-order valence-corrected chi connectivity index (χ3v) is 4.79. The zero-order valence-corrected chi connectivity index (χ0v) is 15.2. The number of aromatic nitrogens is 3. The number of H-pyrrole nitrogens is 1. The van der Waals surface area contributed by atoms with Crippen molar-refractivity contribution in [3.63, 3.8) is 0 Å². The van der Waals surface area contributed by atoms with Gasteiger partial charge in [-0.15, -0.1) is 0 Å². The summed E-state index contributed by atoms with van der Waals surface area (Å²) in [5.74, 6) is 0.409. The van der Waals surface area contributed by atoms with Gasteiger partial charge in [0, 0.05) is 11.8 Å². The van der Waals surface area contributed by atoms with Crippen LogP contribution in [0.25, 0.3) is 22.4 Å². The Balaban J connectivity index is 1.82.